The lowest BCUT2D eigenvalue weighted by Crippen LogP contribution is -2.50. The Morgan fingerprint density at radius 1 is 1.29 bits per heavy atom. The Kier molecular flexibility index (Phi) is 8.05. The second-order valence-electron chi connectivity index (χ2n) is 12.9. The second kappa shape index (κ2) is 12.2. The van der Waals surface area contributed by atoms with E-state index in [0.29, 0.717) is 32.6 Å². The molecule has 1 unspecified atom stereocenters. The first kappa shape index (κ1) is 32.4. The van der Waals surface area contributed by atoms with Gasteiger partial charge in [0.05, 0.1) is 56.8 Å². The van der Waals surface area contributed by atoms with Crippen LogP contribution >= 0.6 is 22.9 Å². The first-order chi connectivity index (χ1) is 23.6. The number of nitrogens with zero attached hydrogens (tertiary/aromatic N) is 5. The SMILES string of the molecule is N#Cc1c(N)sc2c(F)ccc(-c3c(F)c4c5c(c3Cl)=NCN(C3CCOC3)C=5N(CC(F)F)C=C(OC[C@@]35CCCN3C[C@H](F)C5)O4)c12. The average molecular weight is 721 g/mol. The fraction of sp³-hybridized carbons (Fsp3) is 0.455. The van der Waals surface area contributed by atoms with E-state index >= 15 is 8.78 Å². The lowest BCUT2D eigenvalue weighted by Gasteiger charge is -2.37. The summed E-state index contributed by atoms with van der Waals surface area (Å²) in [4.78, 5) is 9.77. The van der Waals surface area contributed by atoms with Crippen molar-refractivity contribution in [2.24, 2.45) is 4.99 Å². The molecular formula is C33H30ClF5N6O3S. The van der Waals surface area contributed by atoms with E-state index in [1.165, 1.54) is 17.2 Å². The molecule has 3 atom stereocenters. The second-order valence-corrected chi connectivity index (χ2v) is 14.3. The Morgan fingerprint density at radius 2 is 2.12 bits per heavy atom. The van der Waals surface area contributed by atoms with Gasteiger partial charge in [-0.25, -0.2) is 22.0 Å². The predicted molar refractivity (Wildman–Crippen MR) is 172 cm³/mol. The minimum atomic E-state index is -2.82. The van der Waals surface area contributed by atoms with Gasteiger partial charge in [-0.15, -0.1) is 11.3 Å². The van der Waals surface area contributed by atoms with E-state index in [2.05, 4.69) is 0 Å². The van der Waals surface area contributed by atoms with E-state index in [4.69, 9.17) is 36.5 Å². The maximum absolute atomic E-state index is 17.3. The summed E-state index contributed by atoms with van der Waals surface area (Å²) in [7, 11) is 0. The molecule has 9 nitrogen and oxygen atoms in total. The normalized spacial score (nSPS) is 24.9. The van der Waals surface area contributed by atoms with Crippen LogP contribution in [0.15, 0.2) is 29.3 Å². The topological polar surface area (TPSA) is 99.6 Å². The largest absolute Gasteiger partial charge is 0.462 e. The Hall–Kier alpha value is -3.84. The molecule has 5 aliphatic rings. The molecule has 0 bridgehead atoms. The smallest absolute Gasteiger partial charge is 0.302 e. The third kappa shape index (κ3) is 5.17. The van der Waals surface area contributed by atoms with E-state index < -0.39 is 42.1 Å². The van der Waals surface area contributed by atoms with Crippen LogP contribution in [0.3, 0.4) is 0 Å². The van der Waals surface area contributed by atoms with Gasteiger partial charge in [0.25, 0.3) is 6.43 Å². The third-order valence-electron chi connectivity index (χ3n) is 10.0. The highest BCUT2D eigenvalue weighted by molar-refractivity contribution is 7.23. The fourth-order valence-electron chi connectivity index (χ4n) is 7.90. The van der Waals surface area contributed by atoms with Crippen molar-refractivity contribution in [1.29, 1.82) is 5.26 Å². The van der Waals surface area contributed by atoms with Gasteiger partial charge in [-0.2, -0.15) is 5.26 Å². The van der Waals surface area contributed by atoms with E-state index in [9.17, 15) is 18.4 Å². The number of nitriles is 1. The molecule has 3 aromatic rings. The maximum Gasteiger partial charge on any atom is 0.302 e. The Balaban J connectivity index is 1.35. The van der Waals surface area contributed by atoms with Crippen molar-refractivity contribution in [3.05, 3.63) is 57.1 Å². The summed E-state index contributed by atoms with van der Waals surface area (Å²) in [6.45, 7) is 0.880. The number of nitrogen functional groups attached to an aromatic ring is 1. The molecule has 0 radical (unpaired) electrons. The first-order valence-corrected chi connectivity index (χ1v) is 17.1. The van der Waals surface area contributed by atoms with Crippen molar-refractivity contribution in [2.45, 2.75) is 49.9 Å². The van der Waals surface area contributed by atoms with Crippen LogP contribution in [0.4, 0.5) is 27.0 Å². The fourth-order valence-corrected chi connectivity index (χ4v) is 9.19. The Bertz CT molecular complexity index is 2070. The zero-order valence-electron chi connectivity index (χ0n) is 26.0. The summed E-state index contributed by atoms with van der Waals surface area (Å²) < 4.78 is 93.5. The quantitative estimate of drug-likeness (QED) is 0.339. The van der Waals surface area contributed by atoms with Gasteiger partial charge in [0, 0.05) is 30.5 Å². The predicted octanol–water partition coefficient (Wildman–Crippen LogP) is 5.05. The number of alkyl halides is 3. The summed E-state index contributed by atoms with van der Waals surface area (Å²) >= 11 is 7.84. The molecule has 0 amide bonds. The molecular weight excluding hydrogens is 691 g/mol. The van der Waals surface area contributed by atoms with Crippen molar-refractivity contribution in [1.82, 2.24) is 14.7 Å². The molecule has 1 aromatic heterocycles. The maximum atomic E-state index is 17.3. The average Bonchev–Trinajstić information content (AvgIpc) is 3.84. The van der Waals surface area contributed by atoms with Crippen LogP contribution in [-0.4, -0.2) is 85.0 Å². The molecule has 3 saturated heterocycles. The molecule has 258 valence electrons. The number of hydrogen-bond donors (Lipinski definition) is 1. The van der Waals surface area contributed by atoms with Crippen LogP contribution in [-0.2, 0) is 9.47 Å². The van der Waals surface area contributed by atoms with Gasteiger partial charge in [0.15, 0.2) is 11.6 Å². The molecule has 6 heterocycles. The van der Waals surface area contributed by atoms with Crippen molar-refractivity contribution in [3.63, 3.8) is 0 Å². The van der Waals surface area contributed by atoms with E-state index in [1.807, 2.05) is 11.0 Å². The van der Waals surface area contributed by atoms with Gasteiger partial charge in [0.1, 0.15) is 42.2 Å². The van der Waals surface area contributed by atoms with Crippen molar-refractivity contribution >= 4 is 43.8 Å². The van der Waals surface area contributed by atoms with Crippen LogP contribution in [0.2, 0.25) is 5.02 Å². The highest BCUT2D eigenvalue weighted by Gasteiger charge is 2.49. The summed E-state index contributed by atoms with van der Waals surface area (Å²) in [6, 6.07) is 4.15. The summed E-state index contributed by atoms with van der Waals surface area (Å²) in [5, 5.41) is 9.98. The third-order valence-corrected chi connectivity index (χ3v) is 11.4. The molecule has 16 heteroatoms. The number of thiophene rings is 1. The molecule has 49 heavy (non-hydrogen) atoms. The minimum Gasteiger partial charge on any atom is -0.462 e. The van der Waals surface area contributed by atoms with Crippen LogP contribution in [0.25, 0.3) is 27.0 Å². The molecule has 8 rings (SSSR count). The molecule has 5 aliphatic heterocycles. The number of ether oxygens (including phenoxy) is 3. The monoisotopic (exact) mass is 720 g/mol. The number of rotatable bonds is 7. The number of halogens is 6. The number of fused-ring (bicyclic) bond motifs is 2. The molecule has 0 spiro atoms. The zero-order chi connectivity index (χ0) is 34.2. The lowest BCUT2D eigenvalue weighted by molar-refractivity contribution is 0.0244. The van der Waals surface area contributed by atoms with Gasteiger partial charge < -0.3 is 29.7 Å². The van der Waals surface area contributed by atoms with Crippen molar-refractivity contribution in [2.75, 3.05) is 51.9 Å². The first-order valence-electron chi connectivity index (χ1n) is 15.9. The molecule has 3 fully saturated rings. The molecule has 2 N–H and O–H groups in total. The van der Waals surface area contributed by atoms with E-state index in [0.717, 1.165) is 23.8 Å². The standard InChI is InChI=1S/C33H30ClF5N6O3S/c34-26-24(18-2-3-20(36)30-23(18)19(9-40)31(41)49-30)27(39)29-25-28(26)42-15-45(17-4-7-46-13-17)32(25)43(11-21(37)38)12-22(48-29)47-14-33-5-1-6-44(33)10-16(35)8-33/h2-3,12,16-17,21H,1,4-8,10-11,13-15,41H2/t16-,17?,33+/m1/s1. The van der Waals surface area contributed by atoms with Gasteiger partial charge in [0.2, 0.25) is 0 Å². The van der Waals surface area contributed by atoms with E-state index in [1.54, 1.807) is 4.90 Å². The van der Waals surface area contributed by atoms with Crippen LogP contribution in [0, 0.1) is 23.0 Å². The van der Waals surface area contributed by atoms with Gasteiger partial charge in [-0.05, 0) is 37.4 Å². The number of anilines is 1. The highest BCUT2D eigenvalue weighted by atomic mass is 35.5. The summed E-state index contributed by atoms with van der Waals surface area (Å²) in [6.07, 6.45) is -0.251. The van der Waals surface area contributed by atoms with E-state index in [-0.39, 0.29) is 91.4 Å². The van der Waals surface area contributed by atoms with Crippen LogP contribution < -0.4 is 21.0 Å². The van der Waals surface area contributed by atoms with Gasteiger partial charge in [-0.3, -0.25) is 9.89 Å². The van der Waals surface area contributed by atoms with Gasteiger partial charge >= 0.3 is 5.95 Å². The van der Waals surface area contributed by atoms with Crippen molar-refractivity contribution in [3.8, 4) is 22.9 Å². The number of benzene rings is 2. The number of nitrogens with two attached hydrogens (primary N) is 1. The molecule has 0 aliphatic carbocycles. The van der Waals surface area contributed by atoms with Crippen LogP contribution in [0.1, 0.15) is 31.2 Å². The lowest BCUT2D eigenvalue weighted by atomic mass is 9.95. The molecule has 0 saturated carbocycles. The minimum absolute atomic E-state index is 0.00971. The summed E-state index contributed by atoms with van der Waals surface area (Å²) in [5.41, 5.74) is 5.27. The highest BCUT2D eigenvalue weighted by Crippen LogP contribution is 2.45. The number of hydrogen-bond acceptors (Lipinski definition) is 10. The Morgan fingerprint density at radius 3 is 2.88 bits per heavy atom. The Labute approximate surface area is 286 Å². The van der Waals surface area contributed by atoms with Gasteiger partial charge in [-0.1, -0.05) is 17.7 Å². The molecule has 2 aromatic carbocycles. The zero-order valence-corrected chi connectivity index (χ0v) is 27.5. The summed E-state index contributed by atoms with van der Waals surface area (Å²) in [5.74, 6) is -2.13. The van der Waals surface area contributed by atoms with Crippen LogP contribution in [0.5, 0.6) is 5.75 Å². The van der Waals surface area contributed by atoms with Crippen molar-refractivity contribution < 1.29 is 36.2 Å².